The van der Waals surface area contributed by atoms with E-state index in [1.165, 1.54) is 23.0 Å². The standard InChI is InChI=1S/C11H9ClFN3O2/c12-9-2-1-3-10(13)8(9)6-16-7(4-11(17)18)5-14-15-16/h1-3,5H,4,6H2,(H,17,18). The fourth-order valence-corrected chi connectivity index (χ4v) is 1.76. The van der Waals surface area contributed by atoms with E-state index in [-0.39, 0.29) is 23.6 Å². The van der Waals surface area contributed by atoms with Gasteiger partial charge in [-0.05, 0) is 12.1 Å². The van der Waals surface area contributed by atoms with Crippen LogP contribution >= 0.6 is 11.6 Å². The molecule has 0 aliphatic heterocycles. The number of hydrogen-bond acceptors (Lipinski definition) is 3. The number of carboxylic acids is 1. The first kappa shape index (κ1) is 12.5. The van der Waals surface area contributed by atoms with E-state index < -0.39 is 11.8 Å². The molecule has 1 aromatic carbocycles. The van der Waals surface area contributed by atoms with Gasteiger partial charge in [-0.25, -0.2) is 9.07 Å². The van der Waals surface area contributed by atoms with Crippen LogP contribution in [-0.2, 0) is 17.8 Å². The van der Waals surface area contributed by atoms with Gasteiger partial charge in [0.1, 0.15) is 5.82 Å². The lowest BCUT2D eigenvalue weighted by molar-refractivity contribution is -0.136. The van der Waals surface area contributed by atoms with Crippen molar-refractivity contribution in [1.29, 1.82) is 0 Å². The minimum absolute atomic E-state index is 0.0497. The normalized spacial score (nSPS) is 10.6. The summed E-state index contributed by atoms with van der Waals surface area (Å²) in [6, 6.07) is 4.35. The minimum Gasteiger partial charge on any atom is -0.481 e. The molecule has 0 spiro atoms. The summed E-state index contributed by atoms with van der Waals surface area (Å²) in [5.41, 5.74) is 0.651. The summed E-state index contributed by atoms with van der Waals surface area (Å²) in [6.07, 6.45) is 1.11. The average molecular weight is 270 g/mol. The number of carbonyl (C=O) groups is 1. The third-order valence-electron chi connectivity index (χ3n) is 2.40. The van der Waals surface area contributed by atoms with Crippen LogP contribution in [0.5, 0.6) is 0 Å². The molecule has 0 saturated heterocycles. The molecule has 0 aliphatic rings. The topological polar surface area (TPSA) is 68.0 Å². The summed E-state index contributed by atoms with van der Waals surface area (Å²) in [5.74, 6) is -1.46. The molecule has 2 rings (SSSR count). The molecule has 0 amide bonds. The van der Waals surface area contributed by atoms with Crippen molar-refractivity contribution in [3.63, 3.8) is 0 Å². The molecule has 1 heterocycles. The maximum atomic E-state index is 13.6. The first-order chi connectivity index (χ1) is 8.58. The van der Waals surface area contributed by atoms with Gasteiger partial charge in [0.05, 0.1) is 24.9 Å². The van der Waals surface area contributed by atoms with E-state index in [1.807, 2.05) is 0 Å². The highest BCUT2D eigenvalue weighted by molar-refractivity contribution is 6.31. The van der Waals surface area contributed by atoms with E-state index in [9.17, 15) is 9.18 Å². The number of carboxylic acid groups (broad SMARTS) is 1. The zero-order valence-electron chi connectivity index (χ0n) is 9.18. The van der Waals surface area contributed by atoms with Gasteiger partial charge in [0.25, 0.3) is 0 Å². The Hall–Kier alpha value is -1.95. The molecule has 0 bridgehead atoms. The van der Waals surface area contributed by atoms with Gasteiger partial charge in [-0.15, -0.1) is 5.10 Å². The molecule has 1 aromatic heterocycles. The van der Waals surface area contributed by atoms with Gasteiger partial charge in [0.2, 0.25) is 0 Å². The van der Waals surface area contributed by atoms with E-state index in [0.717, 1.165) is 0 Å². The van der Waals surface area contributed by atoms with Gasteiger partial charge in [0, 0.05) is 10.6 Å². The van der Waals surface area contributed by atoms with Crippen molar-refractivity contribution in [2.75, 3.05) is 0 Å². The third kappa shape index (κ3) is 2.65. The summed E-state index contributed by atoms with van der Waals surface area (Å²) in [4.78, 5) is 10.6. The first-order valence-corrected chi connectivity index (χ1v) is 5.48. The van der Waals surface area contributed by atoms with Crippen molar-refractivity contribution in [2.24, 2.45) is 0 Å². The molecular weight excluding hydrogens is 261 g/mol. The van der Waals surface area contributed by atoms with Crippen LogP contribution in [0.3, 0.4) is 0 Å². The largest absolute Gasteiger partial charge is 0.481 e. The van der Waals surface area contributed by atoms with E-state index in [4.69, 9.17) is 16.7 Å². The highest BCUT2D eigenvalue weighted by atomic mass is 35.5. The van der Waals surface area contributed by atoms with Gasteiger partial charge in [-0.3, -0.25) is 4.79 Å². The number of halogens is 2. The predicted octanol–water partition coefficient (Wildman–Crippen LogP) is 1.75. The van der Waals surface area contributed by atoms with Crippen LogP contribution in [0, 0.1) is 5.82 Å². The Morgan fingerprint density at radius 1 is 1.50 bits per heavy atom. The zero-order valence-corrected chi connectivity index (χ0v) is 9.93. The Morgan fingerprint density at radius 2 is 2.28 bits per heavy atom. The van der Waals surface area contributed by atoms with E-state index in [2.05, 4.69) is 10.3 Å². The van der Waals surface area contributed by atoms with Crippen molar-refractivity contribution in [3.05, 3.63) is 46.5 Å². The van der Waals surface area contributed by atoms with Gasteiger partial charge in [-0.2, -0.15) is 0 Å². The second-order valence-electron chi connectivity index (χ2n) is 3.65. The van der Waals surface area contributed by atoms with Crippen LogP contribution in [0.4, 0.5) is 4.39 Å². The molecule has 7 heteroatoms. The maximum Gasteiger partial charge on any atom is 0.309 e. The van der Waals surface area contributed by atoms with Crippen LogP contribution in [-0.4, -0.2) is 26.1 Å². The van der Waals surface area contributed by atoms with Crippen LogP contribution < -0.4 is 0 Å². The van der Waals surface area contributed by atoms with Crippen molar-refractivity contribution < 1.29 is 14.3 Å². The van der Waals surface area contributed by atoms with Crippen molar-refractivity contribution in [1.82, 2.24) is 15.0 Å². The highest BCUT2D eigenvalue weighted by Crippen LogP contribution is 2.20. The number of aromatic nitrogens is 3. The molecule has 0 fully saturated rings. The van der Waals surface area contributed by atoms with Crippen LogP contribution in [0.25, 0.3) is 0 Å². The molecule has 94 valence electrons. The lowest BCUT2D eigenvalue weighted by Gasteiger charge is -2.07. The summed E-state index contributed by atoms with van der Waals surface area (Å²) >= 11 is 5.89. The molecular formula is C11H9ClFN3O2. The van der Waals surface area contributed by atoms with Gasteiger partial charge < -0.3 is 5.11 Å². The lowest BCUT2D eigenvalue weighted by Crippen LogP contribution is -2.11. The highest BCUT2D eigenvalue weighted by Gasteiger charge is 2.12. The Kier molecular flexibility index (Phi) is 3.57. The molecule has 18 heavy (non-hydrogen) atoms. The van der Waals surface area contributed by atoms with Gasteiger partial charge in [-0.1, -0.05) is 22.9 Å². The summed E-state index contributed by atoms with van der Waals surface area (Å²) in [5, 5.41) is 16.3. The van der Waals surface area contributed by atoms with Crippen LogP contribution in [0.2, 0.25) is 5.02 Å². The number of hydrogen-bond donors (Lipinski definition) is 1. The second kappa shape index (κ2) is 5.14. The molecule has 5 nitrogen and oxygen atoms in total. The Bertz CT molecular complexity index is 565. The summed E-state index contributed by atoms with van der Waals surface area (Å²) < 4.78 is 14.9. The van der Waals surface area contributed by atoms with Gasteiger partial charge in [0.15, 0.2) is 0 Å². The molecule has 0 saturated carbocycles. The number of nitrogens with zero attached hydrogens (tertiary/aromatic N) is 3. The van der Waals surface area contributed by atoms with E-state index in [0.29, 0.717) is 5.69 Å². The van der Waals surface area contributed by atoms with Crippen LogP contribution in [0.1, 0.15) is 11.3 Å². The van der Waals surface area contributed by atoms with Gasteiger partial charge >= 0.3 is 5.97 Å². The third-order valence-corrected chi connectivity index (χ3v) is 2.75. The summed E-state index contributed by atoms with van der Waals surface area (Å²) in [7, 11) is 0. The molecule has 0 atom stereocenters. The van der Waals surface area contributed by atoms with E-state index in [1.54, 1.807) is 6.07 Å². The number of aliphatic carboxylic acids is 1. The fraction of sp³-hybridized carbons (Fsp3) is 0.182. The van der Waals surface area contributed by atoms with Crippen molar-refractivity contribution >= 4 is 17.6 Å². The van der Waals surface area contributed by atoms with Crippen molar-refractivity contribution in [3.8, 4) is 0 Å². The summed E-state index contributed by atoms with van der Waals surface area (Å²) in [6.45, 7) is 0.0497. The molecule has 0 unspecified atom stereocenters. The SMILES string of the molecule is O=C(O)Cc1cnnn1Cc1c(F)cccc1Cl. The number of rotatable bonds is 4. The molecule has 0 radical (unpaired) electrons. The predicted molar refractivity (Wildman–Crippen MR) is 61.9 cm³/mol. The van der Waals surface area contributed by atoms with E-state index >= 15 is 0 Å². The molecule has 0 aliphatic carbocycles. The minimum atomic E-state index is -1.00. The Morgan fingerprint density at radius 3 is 2.94 bits per heavy atom. The monoisotopic (exact) mass is 269 g/mol. The zero-order chi connectivity index (χ0) is 13.1. The second-order valence-corrected chi connectivity index (χ2v) is 4.06. The fourth-order valence-electron chi connectivity index (χ4n) is 1.54. The lowest BCUT2D eigenvalue weighted by atomic mass is 10.2. The Balaban J connectivity index is 2.29. The Labute approximate surface area is 107 Å². The molecule has 1 N–H and O–H groups in total. The first-order valence-electron chi connectivity index (χ1n) is 5.10. The smallest absolute Gasteiger partial charge is 0.309 e. The number of benzene rings is 1. The average Bonchev–Trinajstić information content (AvgIpc) is 2.70. The quantitative estimate of drug-likeness (QED) is 0.918. The molecule has 2 aromatic rings. The van der Waals surface area contributed by atoms with Crippen LogP contribution in [0.15, 0.2) is 24.4 Å². The maximum absolute atomic E-state index is 13.6. The van der Waals surface area contributed by atoms with Crippen molar-refractivity contribution in [2.45, 2.75) is 13.0 Å².